The van der Waals surface area contributed by atoms with Crippen molar-refractivity contribution in [1.29, 1.82) is 0 Å². The predicted octanol–water partition coefficient (Wildman–Crippen LogP) is 11.7. The molecule has 0 fully saturated rings. The van der Waals surface area contributed by atoms with Gasteiger partial charge in [-0.05, 0) is 83.9 Å². The van der Waals surface area contributed by atoms with E-state index in [0.717, 1.165) is 44.7 Å². The lowest BCUT2D eigenvalue weighted by atomic mass is 9.99. The first-order chi connectivity index (χ1) is 24.8. The molecule has 0 radical (unpaired) electrons. The summed E-state index contributed by atoms with van der Waals surface area (Å²) >= 11 is 0. The van der Waals surface area contributed by atoms with Crippen LogP contribution in [0.3, 0.4) is 0 Å². The number of aromatic nitrogens is 4. The molecule has 0 atom stereocenters. The molecule has 0 bridgehead atoms. The lowest BCUT2D eigenvalue weighted by molar-refractivity contribution is 1.13. The minimum atomic E-state index is 0.710. The lowest BCUT2D eigenvalue weighted by Crippen LogP contribution is -1.97. The van der Waals surface area contributed by atoms with Crippen molar-refractivity contribution in [2.45, 2.75) is 0 Å². The van der Waals surface area contributed by atoms with E-state index in [1.165, 1.54) is 38.3 Å². The standard InChI is InChI=1S/C46H30N4/c1-3-12-31(13-4-1)33-14-11-15-34(30-33)45-37-18-7-9-20-40(37)47-46(48-45)32-22-24-36(25-23-32)50-42-21-10-8-19-38(42)44-39-28-29-49(35-16-5-2-6-17-35)41(39)26-27-43(44)50/h1-30H. The Kier molecular flexibility index (Phi) is 6.46. The van der Waals surface area contributed by atoms with Gasteiger partial charge in [-0.3, -0.25) is 0 Å². The summed E-state index contributed by atoms with van der Waals surface area (Å²) in [5, 5.41) is 4.78. The molecule has 4 nitrogen and oxygen atoms in total. The highest BCUT2D eigenvalue weighted by atomic mass is 15.0. The molecule has 10 aromatic rings. The van der Waals surface area contributed by atoms with E-state index in [-0.39, 0.29) is 0 Å². The second-order valence-corrected chi connectivity index (χ2v) is 12.7. The van der Waals surface area contributed by atoms with Gasteiger partial charge in [-0.25, -0.2) is 9.97 Å². The molecule has 0 saturated heterocycles. The van der Waals surface area contributed by atoms with Gasteiger partial charge in [-0.15, -0.1) is 0 Å². The maximum absolute atomic E-state index is 5.21. The van der Waals surface area contributed by atoms with E-state index in [9.17, 15) is 0 Å². The van der Waals surface area contributed by atoms with Crippen LogP contribution in [0.4, 0.5) is 0 Å². The highest BCUT2D eigenvalue weighted by Crippen LogP contribution is 2.38. The van der Waals surface area contributed by atoms with Crippen molar-refractivity contribution in [2.24, 2.45) is 0 Å². The minimum absolute atomic E-state index is 0.710. The molecule has 0 saturated carbocycles. The van der Waals surface area contributed by atoms with E-state index in [1.54, 1.807) is 0 Å². The van der Waals surface area contributed by atoms with Crippen molar-refractivity contribution in [1.82, 2.24) is 19.1 Å². The number of hydrogen-bond acceptors (Lipinski definition) is 2. The van der Waals surface area contributed by atoms with E-state index in [1.807, 2.05) is 12.1 Å². The molecular weight excluding hydrogens is 609 g/mol. The molecule has 0 aliphatic heterocycles. The zero-order valence-electron chi connectivity index (χ0n) is 27.1. The average molecular weight is 639 g/mol. The molecule has 4 heteroatoms. The molecule has 0 unspecified atom stereocenters. The van der Waals surface area contributed by atoms with Crippen molar-refractivity contribution >= 4 is 43.6 Å². The Bertz CT molecular complexity index is 2850. The summed E-state index contributed by atoms with van der Waals surface area (Å²) < 4.78 is 4.64. The Labute approximate surface area is 289 Å². The summed E-state index contributed by atoms with van der Waals surface area (Å²) in [6, 6.07) is 62.0. The zero-order valence-corrected chi connectivity index (χ0v) is 27.1. The topological polar surface area (TPSA) is 35.6 Å². The summed E-state index contributed by atoms with van der Waals surface area (Å²) in [6.45, 7) is 0. The summed E-state index contributed by atoms with van der Waals surface area (Å²) in [5.41, 5.74) is 12.1. The van der Waals surface area contributed by atoms with Crippen molar-refractivity contribution in [3.05, 3.63) is 182 Å². The van der Waals surface area contributed by atoms with E-state index in [4.69, 9.17) is 9.97 Å². The Morgan fingerprint density at radius 2 is 1.04 bits per heavy atom. The number of nitrogens with zero attached hydrogens (tertiary/aromatic N) is 4. The third-order valence-corrected chi connectivity index (χ3v) is 9.77. The maximum atomic E-state index is 5.21. The third-order valence-electron chi connectivity index (χ3n) is 9.77. The van der Waals surface area contributed by atoms with Crippen LogP contribution in [0.15, 0.2) is 182 Å². The van der Waals surface area contributed by atoms with Gasteiger partial charge in [-0.2, -0.15) is 0 Å². The molecule has 0 N–H and O–H groups in total. The van der Waals surface area contributed by atoms with Gasteiger partial charge in [0, 0.05) is 50.2 Å². The smallest absolute Gasteiger partial charge is 0.160 e. The molecule has 10 rings (SSSR count). The third kappa shape index (κ3) is 4.54. The zero-order chi connectivity index (χ0) is 33.0. The average Bonchev–Trinajstić information content (AvgIpc) is 3.78. The van der Waals surface area contributed by atoms with Crippen molar-refractivity contribution < 1.29 is 0 Å². The van der Waals surface area contributed by atoms with E-state index in [2.05, 4.69) is 179 Å². The van der Waals surface area contributed by atoms with Gasteiger partial charge >= 0.3 is 0 Å². The fraction of sp³-hybridized carbons (Fsp3) is 0. The molecular formula is C46H30N4. The molecule has 3 heterocycles. The SMILES string of the molecule is c1ccc(-c2cccc(-c3nc(-c4ccc(-n5c6ccccc6c6c7ccn(-c8ccccc8)c7ccc65)cc4)nc4ccccc34)c2)cc1. The summed E-state index contributed by atoms with van der Waals surface area (Å²) in [6.07, 6.45) is 2.18. The number of benzene rings is 7. The lowest BCUT2D eigenvalue weighted by Gasteiger charge is -2.12. The number of fused-ring (bicyclic) bond motifs is 6. The molecule has 7 aromatic carbocycles. The second-order valence-electron chi connectivity index (χ2n) is 12.7. The summed E-state index contributed by atoms with van der Waals surface area (Å²) in [5.74, 6) is 0.710. The predicted molar refractivity (Wildman–Crippen MR) is 207 cm³/mol. The van der Waals surface area contributed by atoms with E-state index >= 15 is 0 Å². The number of hydrogen-bond donors (Lipinski definition) is 0. The monoisotopic (exact) mass is 638 g/mol. The Morgan fingerprint density at radius 3 is 1.88 bits per heavy atom. The van der Waals surface area contributed by atoms with Gasteiger partial charge in [0.25, 0.3) is 0 Å². The van der Waals surface area contributed by atoms with Gasteiger partial charge in [0.1, 0.15) is 0 Å². The highest BCUT2D eigenvalue weighted by Gasteiger charge is 2.17. The van der Waals surface area contributed by atoms with Crippen molar-refractivity contribution in [3.63, 3.8) is 0 Å². The van der Waals surface area contributed by atoms with Crippen LogP contribution in [-0.4, -0.2) is 19.1 Å². The van der Waals surface area contributed by atoms with Crippen molar-refractivity contribution in [2.75, 3.05) is 0 Å². The first kappa shape index (κ1) is 28.3. The van der Waals surface area contributed by atoms with Crippen LogP contribution < -0.4 is 0 Å². The van der Waals surface area contributed by atoms with Crippen LogP contribution >= 0.6 is 0 Å². The van der Waals surface area contributed by atoms with Crippen LogP contribution in [0.1, 0.15) is 0 Å². The van der Waals surface area contributed by atoms with E-state index in [0.29, 0.717) is 5.82 Å². The van der Waals surface area contributed by atoms with Gasteiger partial charge < -0.3 is 9.13 Å². The highest BCUT2D eigenvalue weighted by molar-refractivity contribution is 6.21. The number of para-hydroxylation sites is 3. The summed E-state index contributed by atoms with van der Waals surface area (Å²) in [4.78, 5) is 10.3. The summed E-state index contributed by atoms with van der Waals surface area (Å²) in [7, 11) is 0. The quantitative estimate of drug-likeness (QED) is 0.188. The molecule has 0 aliphatic carbocycles. The Morgan fingerprint density at radius 1 is 0.380 bits per heavy atom. The van der Waals surface area contributed by atoms with Crippen LogP contribution in [0.25, 0.3) is 88.8 Å². The van der Waals surface area contributed by atoms with Crippen LogP contribution in [0, 0.1) is 0 Å². The molecule has 234 valence electrons. The maximum Gasteiger partial charge on any atom is 0.160 e. The molecule has 0 aliphatic rings. The van der Waals surface area contributed by atoms with Gasteiger partial charge in [0.2, 0.25) is 0 Å². The first-order valence-electron chi connectivity index (χ1n) is 16.9. The molecule has 0 amide bonds. The fourth-order valence-electron chi connectivity index (χ4n) is 7.44. The molecule has 0 spiro atoms. The fourth-order valence-corrected chi connectivity index (χ4v) is 7.44. The van der Waals surface area contributed by atoms with Crippen molar-refractivity contribution in [3.8, 4) is 45.1 Å². The van der Waals surface area contributed by atoms with Crippen LogP contribution in [0.5, 0.6) is 0 Å². The van der Waals surface area contributed by atoms with Gasteiger partial charge in [-0.1, -0.05) is 103 Å². The van der Waals surface area contributed by atoms with Gasteiger partial charge in [0.05, 0.1) is 27.8 Å². The normalized spacial score (nSPS) is 11.6. The Hall–Kier alpha value is -6.78. The number of rotatable bonds is 5. The van der Waals surface area contributed by atoms with Crippen LogP contribution in [0.2, 0.25) is 0 Å². The largest absolute Gasteiger partial charge is 0.317 e. The second kappa shape index (κ2) is 11.4. The van der Waals surface area contributed by atoms with E-state index < -0.39 is 0 Å². The molecule has 3 aromatic heterocycles. The molecule has 50 heavy (non-hydrogen) atoms. The Balaban J connectivity index is 1.09. The first-order valence-corrected chi connectivity index (χ1v) is 16.9. The minimum Gasteiger partial charge on any atom is -0.317 e. The van der Waals surface area contributed by atoms with Crippen LogP contribution in [-0.2, 0) is 0 Å². The van der Waals surface area contributed by atoms with Gasteiger partial charge in [0.15, 0.2) is 5.82 Å².